The lowest BCUT2D eigenvalue weighted by Gasteiger charge is -2.24. The summed E-state index contributed by atoms with van der Waals surface area (Å²) < 4.78 is 6.12. The van der Waals surface area contributed by atoms with Crippen molar-refractivity contribution in [3.05, 3.63) is 29.3 Å². The van der Waals surface area contributed by atoms with Crippen molar-refractivity contribution < 1.29 is 4.74 Å². The quantitative estimate of drug-likeness (QED) is 0.398. The number of hydrogen-bond acceptors (Lipinski definition) is 8. The third-order valence-electron chi connectivity index (χ3n) is 4.38. The van der Waals surface area contributed by atoms with Crippen LogP contribution in [0.3, 0.4) is 0 Å². The van der Waals surface area contributed by atoms with Gasteiger partial charge in [-0.2, -0.15) is 4.98 Å². The molecule has 0 unspecified atom stereocenters. The SMILES string of the molecule is CNc1nc(-c2cccc(N)c2C=N)nc(OC2CCNCC2)c1C=N. The fraction of sp³-hybridized carbons (Fsp3) is 0.333. The molecule has 1 aromatic carbocycles. The molecule has 0 atom stereocenters. The zero-order valence-corrected chi connectivity index (χ0v) is 14.7. The molecule has 1 aliphatic rings. The first kappa shape index (κ1) is 17.8. The predicted molar refractivity (Wildman–Crippen MR) is 104 cm³/mol. The molecule has 1 aliphatic heterocycles. The van der Waals surface area contributed by atoms with Crippen LogP contribution >= 0.6 is 0 Å². The molecule has 2 heterocycles. The number of nitrogens with one attached hydrogen (secondary N) is 4. The number of ether oxygens (including phenoxy) is 1. The molecule has 6 N–H and O–H groups in total. The lowest BCUT2D eigenvalue weighted by atomic mass is 10.1. The molecule has 26 heavy (non-hydrogen) atoms. The Kier molecular flexibility index (Phi) is 5.43. The lowest BCUT2D eigenvalue weighted by molar-refractivity contribution is 0.156. The van der Waals surface area contributed by atoms with Gasteiger partial charge in [0, 0.05) is 36.3 Å². The van der Waals surface area contributed by atoms with E-state index in [0.717, 1.165) is 25.9 Å². The zero-order chi connectivity index (χ0) is 18.5. The minimum Gasteiger partial charge on any atom is -0.474 e. The van der Waals surface area contributed by atoms with E-state index in [0.29, 0.717) is 39.9 Å². The number of nitrogens with two attached hydrogens (primary N) is 1. The van der Waals surface area contributed by atoms with Crippen LogP contribution in [0.5, 0.6) is 5.88 Å². The van der Waals surface area contributed by atoms with Crippen molar-refractivity contribution >= 4 is 23.9 Å². The van der Waals surface area contributed by atoms with Crippen LogP contribution in [0, 0.1) is 10.8 Å². The summed E-state index contributed by atoms with van der Waals surface area (Å²) in [4.78, 5) is 9.07. The highest BCUT2D eigenvalue weighted by Crippen LogP contribution is 2.30. The molecule has 8 heteroatoms. The van der Waals surface area contributed by atoms with Crippen LogP contribution in [0.15, 0.2) is 18.2 Å². The average Bonchev–Trinajstić information content (AvgIpc) is 2.68. The molecule has 8 nitrogen and oxygen atoms in total. The van der Waals surface area contributed by atoms with Gasteiger partial charge in [-0.25, -0.2) is 4.98 Å². The van der Waals surface area contributed by atoms with E-state index in [9.17, 15) is 0 Å². The van der Waals surface area contributed by atoms with Crippen LogP contribution in [-0.2, 0) is 0 Å². The number of nitrogen functional groups attached to an aromatic ring is 1. The highest BCUT2D eigenvalue weighted by molar-refractivity contribution is 5.94. The summed E-state index contributed by atoms with van der Waals surface area (Å²) in [6.45, 7) is 1.79. The molecule has 0 saturated carbocycles. The number of rotatable bonds is 6. The standard InChI is InChI=1S/C18H23N7O/c1-22-16-14(10-20)18(26-11-5-7-23-8-6-11)25-17(24-16)12-3-2-4-15(21)13(12)9-19/h2-4,9-11,19-20,23H,5-8,21H2,1H3,(H,22,24,25). The fourth-order valence-corrected chi connectivity index (χ4v) is 2.99. The first-order valence-electron chi connectivity index (χ1n) is 8.55. The summed E-state index contributed by atoms with van der Waals surface area (Å²) >= 11 is 0. The van der Waals surface area contributed by atoms with Gasteiger partial charge in [-0.05, 0) is 32.0 Å². The molecule has 0 aliphatic carbocycles. The van der Waals surface area contributed by atoms with E-state index in [2.05, 4.69) is 20.6 Å². The molecule has 136 valence electrons. The molecule has 1 saturated heterocycles. The van der Waals surface area contributed by atoms with Gasteiger partial charge in [0.25, 0.3) is 0 Å². The molecule has 0 bridgehead atoms. The van der Waals surface area contributed by atoms with Crippen LogP contribution in [0.4, 0.5) is 11.5 Å². The van der Waals surface area contributed by atoms with E-state index in [1.807, 2.05) is 6.07 Å². The van der Waals surface area contributed by atoms with Gasteiger partial charge < -0.3 is 31.9 Å². The second-order valence-electron chi connectivity index (χ2n) is 6.03. The van der Waals surface area contributed by atoms with E-state index >= 15 is 0 Å². The fourth-order valence-electron chi connectivity index (χ4n) is 2.99. The van der Waals surface area contributed by atoms with Crippen molar-refractivity contribution in [3.8, 4) is 17.3 Å². The topological polar surface area (TPSA) is 133 Å². The maximum atomic E-state index is 7.74. The monoisotopic (exact) mass is 353 g/mol. The van der Waals surface area contributed by atoms with Gasteiger partial charge in [0.1, 0.15) is 11.9 Å². The molecule has 2 aromatic rings. The van der Waals surface area contributed by atoms with Crippen molar-refractivity contribution in [1.82, 2.24) is 15.3 Å². The van der Waals surface area contributed by atoms with E-state index in [4.69, 9.17) is 21.3 Å². The summed E-state index contributed by atoms with van der Waals surface area (Å²) in [5.41, 5.74) is 8.20. The van der Waals surface area contributed by atoms with Gasteiger partial charge in [-0.15, -0.1) is 0 Å². The van der Waals surface area contributed by atoms with Crippen LogP contribution in [0.25, 0.3) is 11.4 Å². The van der Waals surface area contributed by atoms with Gasteiger partial charge in [-0.3, -0.25) is 0 Å². The minimum absolute atomic E-state index is 0.0467. The van der Waals surface area contributed by atoms with Crippen molar-refractivity contribution in [3.63, 3.8) is 0 Å². The molecular weight excluding hydrogens is 330 g/mol. The van der Waals surface area contributed by atoms with Crippen molar-refractivity contribution in [2.24, 2.45) is 0 Å². The third kappa shape index (κ3) is 3.50. The van der Waals surface area contributed by atoms with Crippen molar-refractivity contribution in [2.45, 2.75) is 18.9 Å². The maximum absolute atomic E-state index is 7.74. The Labute approximate surface area is 152 Å². The molecule has 1 fully saturated rings. The summed E-state index contributed by atoms with van der Waals surface area (Å²) in [5.74, 6) is 1.29. The average molecular weight is 353 g/mol. The van der Waals surface area contributed by atoms with Crippen molar-refractivity contribution in [1.29, 1.82) is 10.8 Å². The van der Waals surface area contributed by atoms with Gasteiger partial charge >= 0.3 is 0 Å². The normalized spacial score (nSPS) is 14.7. The van der Waals surface area contributed by atoms with Crippen molar-refractivity contribution in [2.75, 3.05) is 31.2 Å². The Hall–Kier alpha value is -3.00. The Morgan fingerprint density at radius 3 is 2.58 bits per heavy atom. The number of nitrogens with zero attached hydrogens (tertiary/aromatic N) is 2. The number of piperidine rings is 1. The minimum atomic E-state index is 0.0467. The number of anilines is 2. The first-order chi connectivity index (χ1) is 12.7. The number of benzene rings is 1. The third-order valence-corrected chi connectivity index (χ3v) is 4.38. The smallest absolute Gasteiger partial charge is 0.228 e. The van der Waals surface area contributed by atoms with Gasteiger partial charge in [0.15, 0.2) is 5.82 Å². The summed E-state index contributed by atoms with van der Waals surface area (Å²) in [6.07, 6.45) is 4.21. The van der Waals surface area contributed by atoms with Crippen LogP contribution in [-0.4, -0.2) is 48.6 Å². The Balaban J connectivity index is 2.09. The summed E-state index contributed by atoms with van der Waals surface area (Å²) in [6, 6.07) is 5.36. The molecule has 0 spiro atoms. The second kappa shape index (κ2) is 7.92. The summed E-state index contributed by atoms with van der Waals surface area (Å²) in [5, 5.41) is 21.7. The van der Waals surface area contributed by atoms with E-state index < -0.39 is 0 Å². The second-order valence-corrected chi connectivity index (χ2v) is 6.03. The van der Waals surface area contributed by atoms with E-state index in [1.54, 1.807) is 19.2 Å². The van der Waals surface area contributed by atoms with Gasteiger partial charge in [0.05, 0.1) is 5.56 Å². The molecule has 1 aromatic heterocycles. The van der Waals surface area contributed by atoms with Gasteiger partial charge in [0.2, 0.25) is 5.88 Å². The Morgan fingerprint density at radius 1 is 1.19 bits per heavy atom. The van der Waals surface area contributed by atoms with E-state index in [1.165, 1.54) is 12.4 Å². The zero-order valence-electron chi connectivity index (χ0n) is 14.7. The van der Waals surface area contributed by atoms with Crippen LogP contribution in [0.1, 0.15) is 24.0 Å². The Morgan fingerprint density at radius 2 is 1.92 bits per heavy atom. The highest BCUT2D eigenvalue weighted by atomic mass is 16.5. The number of aromatic nitrogens is 2. The number of hydrogen-bond donors (Lipinski definition) is 5. The summed E-state index contributed by atoms with van der Waals surface area (Å²) in [7, 11) is 1.74. The van der Waals surface area contributed by atoms with Crippen LogP contribution < -0.4 is 21.1 Å². The lowest BCUT2D eigenvalue weighted by Crippen LogP contribution is -2.34. The molecular formula is C18H23N7O. The molecule has 0 amide bonds. The highest BCUT2D eigenvalue weighted by Gasteiger charge is 2.21. The Bertz CT molecular complexity index is 815. The van der Waals surface area contributed by atoms with E-state index in [-0.39, 0.29) is 6.10 Å². The predicted octanol–water partition coefficient (Wildman–Crippen LogP) is 1.89. The largest absolute Gasteiger partial charge is 0.474 e. The maximum Gasteiger partial charge on any atom is 0.228 e. The van der Waals surface area contributed by atoms with Gasteiger partial charge in [-0.1, -0.05) is 12.1 Å². The molecule has 0 radical (unpaired) electrons. The van der Waals surface area contributed by atoms with Crippen LogP contribution in [0.2, 0.25) is 0 Å². The molecule has 3 rings (SSSR count). The first-order valence-corrected chi connectivity index (χ1v) is 8.55.